The van der Waals surface area contributed by atoms with Crippen molar-refractivity contribution < 1.29 is 4.79 Å². The van der Waals surface area contributed by atoms with Gasteiger partial charge in [-0.05, 0) is 57.5 Å². The smallest absolute Gasteiger partial charge is 0.246 e. The van der Waals surface area contributed by atoms with Gasteiger partial charge in [-0.3, -0.25) is 4.79 Å². The lowest BCUT2D eigenvalue weighted by atomic mass is 10.2. The van der Waals surface area contributed by atoms with Crippen LogP contribution in [0.4, 0.5) is 0 Å². The zero-order valence-corrected chi connectivity index (χ0v) is 15.8. The van der Waals surface area contributed by atoms with Crippen LogP contribution in [0.25, 0.3) is 11.4 Å². The highest BCUT2D eigenvalue weighted by Gasteiger charge is 2.14. The molecule has 3 aromatic rings. The Kier molecular flexibility index (Phi) is 5.27. The van der Waals surface area contributed by atoms with Crippen molar-refractivity contribution in [1.82, 2.24) is 25.1 Å². The fourth-order valence-corrected chi connectivity index (χ4v) is 3.69. The van der Waals surface area contributed by atoms with E-state index in [9.17, 15) is 4.79 Å². The molecule has 0 aliphatic heterocycles. The fourth-order valence-electron chi connectivity index (χ4n) is 2.03. The van der Waals surface area contributed by atoms with Crippen molar-refractivity contribution in [3.05, 3.63) is 50.1 Å². The Morgan fingerprint density at radius 2 is 2.04 bits per heavy atom. The predicted molar refractivity (Wildman–Crippen MR) is 96.8 cm³/mol. The lowest BCUT2D eigenvalue weighted by Gasteiger charge is -2.15. The van der Waals surface area contributed by atoms with Crippen LogP contribution in [0, 0.1) is 0 Å². The van der Waals surface area contributed by atoms with Gasteiger partial charge in [0, 0.05) is 22.5 Å². The van der Waals surface area contributed by atoms with Gasteiger partial charge in [-0.2, -0.15) is 4.80 Å². The van der Waals surface area contributed by atoms with E-state index in [0.717, 1.165) is 14.2 Å². The molecule has 0 saturated carbocycles. The van der Waals surface area contributed by atoms with E-state index in [2.05, 4.69) is 31.3 Å². The van der Waals surface area contributed by atoms with Crippen molar-refractivity contribution in [3.63, 3.8) is 0 Å². The first kappa shape index (κ1) is 17.1. The summed E-state index contributed by atoms with van der Waals surface area (Å²) in [4.78, 5) is 16.3. The number of amides is 1. The zero-order chi connectivity index (χ0) is 17.1. The first-order valence-electron chi connectivity index (χ1n) is 7.03. The molecule has 0 N–H and O–H groups in total. The molecular weight excluding hydrogens is 414 g/mol. The minimum Gasteiger partial charge on any atom is -0.339 e. The maximum absolute atomic E-state index is 12.3. The summed E-state index contributed by atoms with van der Waals surface area (Å²) in [5.41, 5.74) is 0.801. The van der Waals surface area contributed by atoms with Gasteiger partial charge in [0.05, 0.1) is 10.3 Å². The van der Waals surface area contributed by atoms with E-state index in [-0.39, 0.29) is 12.5 Å². The average molecular weight is 427 g/mol. The van der Waals surface area contributed by atoms with E-state index in [0.29, 0.717) is 17.4 Å². The van der Waals surface area contributed by atoms with Crippen LogP contribution in [0.15, 0.2) is 40.2 Å². The van der Waals surface area contributed by atoms with Crippen molar-refractivity contribution in [2.45, 2.75) is 13.1 Å². The molecule has 1 aromatic carbocycles. The van der Waals surface area contributed by atoms with Crippen LogP contribution in [0.3, 0.4) is 0 Å². The van der Waals surface area contributed by atoms with Gasteiger partial charge in [-0.15, -0.1) is 21.5 Å². The summed E-state index contributed by atoms with van der Waals surface area (Å²) in [7, 11) is 1.76. The number of thiophene rings is 1. The van der Waals surface area contributed by atoms with Crippen molar-refractivity contribution in [2.75, 3.05) is 7.05 Å². The minimum atomic E-state index is -0.0837. The van der Waals surface area contributed by atoms with Crippen molar-refractivity contribution in [3.8, 4) is 11.4 Å². The Morgan fingerprint density at radius 1 is 1.29 bits per heavy atom. The number of nitrogens with zero attached hydrogens (tertiary/aromatic N) is 5. The number of hydrogen-bond donors (Lipinski definition) is 0. The molecule has 2 aromatic heterocycles. The molecule has 0 bridgehead atoms. The Morgan fingerprint density at radius 3 is 2.71 bits per heavy atom. The van der Waals surface area contributed by atoms with E-state index in [1.54, 1.807) is 35.4 Å². The number of hydrogen-bond acceptors (Lipinski definition) is 5. The molecule has 0 saturated heterocycles. The van der Waals surface area contributed by atoms with Crippen LogP contribution < -0.4 is 0 Å². The predicted octanol–water partition coefficient (Wildman–Crippen LogP) is 3.48. The molecule has 0 aliphatic carbocycles. The Bertz CT molecular complexity index is 848. The van der Waals surface area contributed by atoms with Gasteiger partial charge in [0.2, 0.25) is 11.7 Å². The van der Waals surface area contributed by atoms with E-state index in [1.165, 1.54) is 4.80 Å². The number of likely N-dealkylation sites (N-methyl/N-ethyl adjacent to an activating group) is 1. The average Bonchev–Trinajstić information content (AvgIpc) is 3.17. The van der Waals surface area contributed by atoms with Crippen LogP contribution in [0.1, 0.15) is 4.88 Å². The van der Waals surface area contributed by atoms with Crippen molar-refractivity contribution >= 4 is 44.8 Å². The molecule has 0 unspecified atom stereocenters. The molecule has 124 valence electrons. The van der Waals surface area contributed by atoms with Crippen molar-refractivity contribution in [1.29, 1.82) is 0 Å². The lowest BCUT2D eigenvalue weighted by molar-refractivity contribution is -0.131. The monoisotopic (exact) mass is 425 g/mol. The minimum absolute atomic E-state index is 0.0453. The number of carbonyl (C=O) groups excluding carboxylic acids is 1. The number of tetrazole rings is 1. The molecule has 24 heavy (non-hydrogen) atoms. The molecule has 0 radical (unpaired) electrons. The molecule has 6 nitrogen and oxygen atoms in total. The first-order chi connectivity index (χ1) is 11.5. The van der Waals surface area contributed by atoms with Crippen molar-refractivity contribution in [2.24, 2.45) is 0 Å². The Labute approximate surface area is 156 Å². The summed E-state index contributed by atoms with van der Waals surface area (Å²) in [6, 6.07) is 11.1. The zero-order valence-electron chi connectivity index (χ0n) is 12.7. The largest absolute Gasteiger partial charge is 0.339 e. The summed E-state index contributed by atoms with van der Waals surface area (Å²) in [6.45, 7) is 0.595. The van der Waals surface area contributed by atoms with Crippen LogP contribution >= 0.6 is 38.9 Å². The highest BCUT2D eigenvalue weighted by atomic mass is 79.9. The van der Waals surface area contributed by atoms with Crippen LogP contribution in [0.5, 0.6) is 0 Å². The number of aromatic nitrogens is 4. The van der Waals surface area contributed by atoms with Gasteiger partial charge in [0.25, 0.3) is 0 Å². The SMILES string of the molecule is CN(Cc1ccc(Br)s1)C(=O)Cn1nnc(-c2ccc(Cl)cc2)n1. The number of rotatable bonds is 5. The molecular formula is C15H13BrClN5OS. The van der Waals surface area contributed by atoms with E-state index >= 15 is 0 Å². The normalized spacial score (nSPS) is 10.8. The summed E-state index contributed by atoms with van der Waals surface area (Å²) in [5.74, 6) is 0.379. The van der Waals surface area contributed by atoms with E-state index < -0.39 is 0 Å². The third-order valence-corrected chi connectivity index (χ3v) is 5.14. The maximum atomic E-state index is 12.3. The summed E-state index contributed by atoms with van der Waals surface area (Å²) in [6.07, 6.45) is 0. The molecule has 0 atom stereocenters. The van der Waals surface area contributed by atoms with Gasteiger partial charge in [0.1, 0.15) is 6.54 Å². The van der Waals surface area contributed by atoms with Gasteiger partial charge in [0.15, 0.2) is 0 Å². The van der Waals surface area contributed by atoms with E-state index in [4.69, 9.17) is 11.6 Å². The van der Waals surface area contributed by atoms with E-state index in [1.807, 2.05) is 24.3 Å². The Hall–Kier alpha value is -1.77. The molecule has 3 rings (SSSR count). The molecule has 0 aliphatic rings. The van der Waals surface area contributed by atoms with Gasteiger partial charge in [-0.1, -0.05) is 11.6 Å². The highest BCUT2D eigenvalue weighted by molar-refractivity contribution is 9.11. The quantitative estimate of drug-likeness (QED) is 0.626. The summed E-state index contributed by atoms with van der Waals surface area (Å²) in [5, 5.41) is 12.8. The van der Waals surface area contributed by atoms with Gasteiger partial charge < -0.3 is 4.90 Å². The highest BCUT2D eigenvalue weighted by Crippen LogP contribution is 2.23. The summed E-state index contributed by atoms with van der Waals surface area (Å²) < 4.78 is 1.05. The maximum Gasteiger partial charge on any atom is 0.246 e. The van der Waals surface area contributed by atoms with Gasteiger partial charge in [-0.25, -0.2) is 0 Å². The standard InChI is InChI=1S/C15H13BrClN5OS/c1-21(8-12-6-7-13(16)24-12)14(23)9-22-19-15(18-20-22)10-2-4-11(17)5-3-10/h2-7H,8-9H2,1H3. The fraction of sp³-hybridized carbons (Fsp3) is 0.200. The summed E-state index contributed by atoms with van der Waals surface area (Å²) >= 11 is 10.9. The lowest BCUT2D eigenvalue weighted by Crippen LogP contribution is -2.30. The second kappa shape index (κ2) is 7.42. The third-order valence-electron chi connectivity index (χ3n) is 3.28. The first-order valence-corrected chi connectivity index (χ1v) is 9.02. The van der Waals surface area contributed by atoms with Crippen LogP contribution in [0.2, 0.25) is 5.02 Å². The number of carbonyl (C=O) groups is 1. The number of benzene rings is 1. The molecule has 9 heteroatoms. The Balaban J connectivity index is 1.63. The molecule has 2 heterocycles. The molecule has 1 amide bonds. The molecule has 0 fully saturated rings. The topological polar surface area (TPSA) is 63.9 Å². The van der Waals surface area contributed by atoms with Gasteiger partial charge >= 0.3 is 0 Å². The third kappa shape index (κ3) is 4.19. The van der Waals surface area contributed by atoms with Crippen LogP contribution in [-0.4, -0.2) is 38.1 Å². The van der Waals surface area contributed by atoms with Crippen LogP contribution in [-0.2, 0) is 17.9 Å². The molecule has 0 spiro atoms. The second-order valence-corrected chi connectivity index (χ2v) is 8.09. The second-order valence-electron chi connectivity index (χ2n) is 5.11. The number of halogens is 2.